The fraction of sp³-hybridized carbons (Fsp3) is 1.00. The Morgan fingerprint density at radius 3 is 0.250 bits per heavy atom. The molecule has 44 heavy (non-hydrogen) atoms. The molecule has 0 N–H and O–H groups in total. The van der Waals surface area contributed by atoms with Gasteiger partial charge in [-0.25, -0.2) is 0 Å². The van der Waals surface area contributed by atoms with E-state index in [2.05, 4.69) is 13.8 Å². The van der Waals surface area contributed by atoms with Crippen molar-refractivity contribution in [1.82, 2.24) is 0 Å². The summed E-state index contributed by atoms with van der Waals surface area (Å²) in [7, 11) is 0. The minimum absolute atomic E-state index is 1.37. The lowest BCUT2D eigenvalue weighted by Gasteiger charge is -2.05. The van der Waals surface area contributed by atoms with E-state index in [0.717, 1.165) is 0 Å². The van der Waals surface area contributed by atoms with Crippen LogP contribution in [0.2, 0.25) is 0 Å². The van der Waals surface area contributed by atoms with Gasteiger partial charge in [-0.05, 0) is 0 Å². The first kappa shape index (κ1) is 44.0. The van der Waals surface area contributed by atoms with Gasteiger partial charge in [-0.15, -0.1) is 0 Å². The Balaban J connectivity index is 3.03. The van der Waals surface area contributed by atoms with E-state index >= 15 is 0 Å². The predicted molar refractivity (Wildman–Crippen MR) is 205 cm³/mol. The Hall–Kier alpha value is 0. The van der Waals surface area contributed by atoms with Crippen LogP contribution in [-0.2, 0) is 0 Å². The van der Waals surface area contributed by atoms with Crippen molar-refractivity contribution in [3.05, 3.63) is 0 Å². The molecule has 0 spiro atoms. The highest BCUT2D eigenvalue weighted by Crippen LogP contribution is 2.18. The minimum Gasteiger partial charge on any atom is -0.0654 e. The largest absolute Gasteiger partial charge is 0.0654 e. The number of hydrogen-bond donors (Lipinski definition) is 0. The highest BCUT2D eigenvalue weighted by atomic mass is 14.0. The molecule has 0 unspecified atom stereocenters. The van der Waals surface area contributed by atoms with Crippen molar-refractivity contribution in [3.63, 3.8) is 0 Å². The van der Waals surface area contributed by atoms with E-state index in [4.69, 9.17) is 0 Å². The summed E-state index contributed by atoms with van der Waals surface area (Å²) in [5, 5.41) is 0. The molecule has 0 heteroatoms. The molecule has 0 aliphatic rings. The van der Waals surface area contributed by atoms with Crippen LogP contribution in [0.1, 0.15) is 284 Å². The molecule has 0 aliphatic carbocycles. The molecule has 0 saturated heterocycles. The van der Waals surface area contributed by atoms with Gasteiger partial charge in [0.1, 0.15) is 0 Å². The molecule has 0 aliphatic heterocycles. The van der Waals surface area contributed by atoms with Gasteiger partial charge in [-0.3, -0.25) is 0 Å². The average molecular weight is 619 g/mol. The fourth-order valence-electron chi connectivity index (χ4n) is 7.22. The van der Waals surface area contributed by atoms with E-state index < -0.39 is 0 Å². The van der Waals surface area contributed by atoms with Gasteiger partial charge in [-0.1, -0.05) is 284 Å². The molecule has 0 aromatic heterocycles. The topological polar surface area (TPSA) is 0 Å². The maximum absolute atomic E-state index is 2.31. The van der Waals surface area contributed by atoms with Crippen LogP contribution in [0.3, 0.4) is 0 Å². The van der Waals surface area contributed by atoms with Crippen molar-refractivity contribution in [1.29, 1.82) is 0 Å². The molecule has 0 rings (SSSR count). The predicted octanol–water partition coefficient (Wildman–Crippen LogP) is 17.4. The summed E-state index contributed by atoms with van der Waals surface area (Å²) < 4.78 is 0. The lowest BCUT2D eigenvalue weighted by Crippen LogP contribution is -1.85. The second-order valence-electron chi connectivity index (χ2n) is 15.1. The monoisotopic (exact) mass is 619 g/mol. The first-order valence-corrected chi connectivity index (χ1v) is 21.9. The Morgan fingerprint density at radius 2 is 0.182 bits per heavy atom. The van der Waals surface area contributed by atoms with Crippen LogP contribution in [0.4, 0.5) is 0 Å². The Bertz CT molecular complexity index is 411. The lowest BCUT2D eigenvalue weighted by atomic mass is 10.0. The van der Waals surface area contributed by atoms with Crippen molar-refractivity contribution < 1.29 is 0 Å². The molecular weight excluding hydrogens is 528 g/mol. The zero-order valence-corrected chi connectivity index (χ0v) is 31.7. The van der Waals surface area contributed by atoms with Crippen LogP contribution in [0, 0.1) is 0 Å². The molecule has 0 nitrogen and oxygen atoms in total. The number of rotatable bonds is 41. The summed E-state index contributed by atoms with van der Waals surface area (Å²) in [6.45, 7) is 4.62. The highest BCUT2D eigenvalue weighted by Gasteiger charge is 1.98. The molecule has 0 aromatic carbocycles. The molecule has 0 aromatic rings. The molecule has 0 atom stereocenters. The summed E-state index contributed by atoms with van der Waals surface area (Å²) in [6, 6.07) is 0. The van der Waals surface area contributed by atoms with Crippen LogP contribution in [0.15, 0.2) is 0 Å². The molecule has 266 valence electrons. The van der Waals surface area contributed by atoms with Gasteiger partial charge in [0, 0.05) is 0 Å². The SMILES string of the molecule is CCCCCCCCCCCCCCCCCCCCCCCCCCCCCCCCCCCCCCCCCCCC. The van der Waals surface area contributed by atoms with Crippen molar-refractivity contribution in [2.24, 2.45) is 0 Å². The quantitative estimate of drug-likeness (QED) is 0.0598. The second-order valence-corrected chi connectivity index (χ2v) is 15.1. The smallest absolute Gasteiger partial charge is 0.0533 e. The van der Waals surface area contributed by atoms with Gasteiger partial charge < -0.3 is 0 Å². The van der Waals surface area contributed by atoms with Gasteiger partial charge in [-0.2, -0.15) is 0 Å². The summed E-state index contributed by atoms with van der Waals surface area (Å²) in [4.78, 5) is 0. The maximum Gasteiger partial charge on any atom is -0.0533 e. The average Bonchev–Trinajstić information content (AvgIpc) is 3.04. The summed E-state index contributed by atoms with van der Waals surface area (Å²) in [5.41, 5.74) is 0. The van der Waals surface area contributed by atoms with Crippen LogP contribution in [-0.4, -0.2) is 0 Å². The summed E-state index contributed by atoms with van der Waals surface area (Å²) in [5.74, 6) is 0. The molecule has 0 heterocycles. The van der Waals surface area contributed by atoms with Gasteiger partial charge in [0.15, 0.2) is 0 Å². The van der Waals surface area contributed by atoms with Gasteiger partial charge in [0.2, 0.25) is 0 Å². The number of unbranched alkanes of at least 4 members (excludes halogenated alkanes) is 41. The first-order valence-electron chi connectivity index (χ1n) is 21.9. The molecule has 0 radical (unpaired) electrons. The van der Waals surface area contributed by atoms with E-state index in [0.29, 0.717) is 0 Å². The summed E-state index contributed by atoms with van der Waals surface area (Å²) in [6.07, 6.45) is 62.4. The zero-order chi connectivity index (χ0) is 31.7. The lowest BCUT2D eigenvalue weighted by molar-refractivity contribution is 0.509. The van der Waals surface area contributed by atoms with E-state index in [1.54, 1.807) is 0 Å². The Labute approximate surface area is 282 Å². The molecule has 0 amide bonds. The molecule has 0 fully saturated rings. The van der Waals surface area contributed by atoms with E-state index in [-0.39, 0.29) is 0 Å². The minimum atomic E-state index is 1.37. The Morgan fingerprint density at radius 1 is 0.114 bits per heavy atom. The normalized spacial score (nSPS) is 11.6. The van der Waals surface area contributed by atoms with E-state index in [9.17, 15) is 0 Å². The number of hydrogen-bond acceptors (Lipinski definition) is 0. The maximum atomic E-state index is 2.31. The molecular formula is C44H90. The first-order chi connectivity index (χ1) is 21.9. The van der Waals surface area contributed by atoms with Crippen LogP contribution in [0.5, 0.6) is 0 Å². The van der Waals surface area contributed by atoms with E-state index in [1.165, 1.54) is 270 Å². The summed E-state index contributed by atoms with van der Waals surface area (Å²) >= 11 is 0. The highest BCUT2D eigenvalue weighted by molar-refractivity contribution is 4.53. The molecule has 0 saturated carbocycles. The van der Waals surface area contributed by atoms with Crippen molar-refractivity contribution >= 4 is 0 Å². The standard InChI is InChI=1S/C44H90/c1-3-5-7-9-11-13-15-17-19-21-23-25-27-29-31-33-35-37-39-41-43-44-42-40-38-36-34-32-30-28-26-24-22-20-18-16-14-12-10-8-6-4-2/h3-44H2,1-2H3. The van der Waals surface area contributed by atoms with Gasteiger partial charge >= 0.3 is 0 Å². The molecule has 0 bridgehead atoms. The van der Waals surface area contributed by atoms with Crippen molar-refractivity contribution in [2.45, 2.75) is 284 Å². The van der Waals surface area contributed by atoms with Crippen molar-refractivity contribution in [2.75, 3.05) is 0 Å². The second kappa shape index (κ2) is 43.0. The third-order valence-corrected chi connectivity index (χ3v) is 10.5. The van der Waals surface area contributed by atoms with Crippen LogP contribution in [0.25, 0.3) is 0 Å². The van der Waals surface area contributed by atoms with Crippen molar-refractivity contribution in [3.8, 4) is 0 Å². The third kappa shape index (κ3) is 42.0. The van der Waals surface area contributed by atoms with E-state index in [1.807, 2.05) is 0 Å². The van der Waals surface area contributed by atoms with Crippen LogP contribution >= 0.6 is 0 Å². The fourth-order valence-corrected chi connectivity index (χ4v) is 7.22. The van der Waals surface area contributed by atoms with Gasteiger partial charge in [0.25, 0.3) is 0 Å². The third-order valence-electron chi connectivity index (χ3n) is 10.5. The Kier molecular flexibility index (Phi) is 43.0. The van der Waals surface area contributed by atoms with Crippen LogP contribution < -0.4 is 0 Å². The zero-order valence-electron chi connectivity index (χ0n) is 31.7. The van der Waals surface area contributed by atoms with Gasteiger partial charge in [0.05, 0.1) is 0 Å².